The average Bonchev–Trinajstić information content (AvgIpc) is 2.72. The number of nitroso groups, excluding NO2 is 1. The number of hydrogen-bond acceptors (Lipinski definition) is 4. The number of carbonyl (C=O) groups is 1. The highest BCUT2D eigenvalue weighted by atomic mass is 35.5. The maximum atomic E-state index is 12.0. The number of hydrogen-bond donors (Lipinski definition) is 3. The molecule has 2 aromatic rings. The van der Waals surface area contributed by atoms with Gasteiger partial charge in [0, 0.05) is 19.8 Å². The Kier molecular flexibility index (Phi) is 7.45. The van der Waals surface area contributed by atoms with E-state index in [1.165, 1.54) is 0 Å². The van der Waals surface area contributed by atoms with Gasteiger partial charge in [-0.2, -0.15) is 4.99 Å². The molecule has 2 rings (SSSR count). The smallest absolute Gasteiger partial charge is 0.253 e. The van der Waals surface area contributed by atoms with Gasteiger partial charge in [-0.3, -0.25) is 9.79 Å². The number of amides is 1. The maximum absolute atomic E-state index is 12.0. The van der Waals surface area contributed by atoms with Gasteiger partial charge in [0.15, 0.2) is 0 Å². The summed E-state index contributed by atoms with van der Waals surface area (Å²) in [4.78, 5) is 31.1. The third kappa shape index (κ3) is 5.61. The van der Waals surface area contributed by atoms with E-state index >= 15 is 0 Å². The van der Waals surface area contributed by atoms with Gasteiger partial charge in [-0.1, -0.05) is 18.2 Å². The van der Waals surface area contributed by atoms with E-state index in [4.69, 9.17) is 11.6 Å². The third-order valence-corrected chi connectivity index (χ3v) is 3.72. The number of anilines is 2. The molecule has 0 aliphatic heterocycles. The largest absolute Gasteiger partial charge is 0.355 e. The summed E-state index contributed by atoms with van der Waals surface area (Å²) in [5.74, 6) is 0.510. The van der Waals surface area contributed by atoms with E-state index in [1.54, 1.807) is 62.6 Å². The Balaban J connectivity index is 2.23. The molecule has 0 saturated heterocycles. The van der Waals surface area contributed by atoms with Gasteiger partial charge in [-0.25, -0.2) is 0 Å². The monoisotopic (exact) mass is 386 g/mol. The van der Waals surface area contributed by atoms with Gasteiger partial charge in [0.1, 0.15) is 11.5 Å². The fourth-order valence-corrected chi connectivity index (χ4v) is 2.33. The molecular weight excluding hydrogens is 368 g/mol. The van der Waals surface area contributed by atoms with Crippen LogP contribution in [0.25, 0.3) is 0 Å². The Morgan fingerprint density at radius 1 is 1.11 bits per heavy atom. The van der Waals surface area contributed by atoms with Gasteiger partial charge < -0.3 is 16.0 Å². The zero-order valence-electron chi connectivity index (χ0n) is 14.9. The van der Waals surface area contributed by atoms with Crippen LogP contribution in [-0.4, -0.2) is 37.7 Å². The van der Waals surface area contributed by atoms with Gasteiger partial charge in [0.25, 0.3) is 5.91 Å². The lowest BCUT2D eigenvalue weighted by Crippen LogP contribution is -2.23. The molecule has 3 N–H and O–H groups in total. The Morgan fingerprint density at radius 2 is 1.89 bits per heavy atom. The van der Waals surface area contributed by atoms with Crippen LogP contribution in [0.1, 0.15) is 10.4 Å². The zero-order valence-corrected chi connectivity index (χ0v) is 15.6. The van der Waals surface area contributed by atoms with E-state index in [-0.39, 0.29) is 23.4 Å². The molecule has 0 aromatic heterocycles. The van der Waals surface area contributed by atoms with Gasteiger partial charge in [-0.05, 0) is 35.5 Å². The van der Waals surface area contributed by atoms with Crippen LogP contribution in [0.4, 0.5) is 17.1 Å². The average molecular weight is 387 g/mol. The molecule has 0 unspecified atom stereocenters. The highest BCUT2D eigenvalue weighted by molar-refractivity contribution is 6.31. The molecule has 140 valence electrons. The van der Waals surface area contributed by atoms with Crippen LogP contribution < -0.4 is 16.0 Å². The minimum absolute atomic E-state index is 0.0682. The Labute approximate surface area is 161 Å². The van der Waals surface area contributed by atoms with Gasteiger partial charge in [0.05, 0.1) is 17.1 Å². The number of amidine groups is 1. The fraction of sp³-hybridized carbons (Fsp3) is 0.167. The second-order valence-corrected chi connectivity index (χ2v) is 5.52. The number of halogens is 1. The summed E-state index contributed by atoms with van der Waals surface area (Å²) >= 11 is 6.00. The van der Waals surface area contributed by atoms with Gasteiger partial charge in [-0.15, -0.1) is 16.5 Å². The second-order valence-electron chi connectivity index (χ2n) is 5.26. The molecule has 0 radical (unpaired) electrons. The van der Waals surface area contributed by atoms with Crippen LogP contribution in [0.5, 0.6) is 0 Å². The Hall–Kier alpha value is -3.26. The zero-order chi connectivity index (χ0) is 19.6. The Morgan fingerprint density at radius 3 is 2.56 bits per heavy atom. The number of nitrogens with one attached hydrogen (secondary N) is 3. The summed E-state index contributed by atoms with van der Waals surface area (Å²) in [7, 11) is 3.13. The molecule has 8 nitrogen and oxygen atoms in total. The number of aliphatic imine (C=N–C) groups is 2. The first-order valence-corrected chi connectivity index (χ1v) is 8.53. The van der Waals surface area contributed by atoms with Crippen molar-refractivity contribution in [3.63, 3.8) is 0 Å². The summed E-state index contributed by atoms with van der Waals surface area (Å²) in [6.07, 6.45) is 0. The van der Waals surface area contributed by atoms with E-state index in [0.717, 1.165) is 0 Å². The van der Waals surface area contributed by atoms with Crippen molar-refractivity contribution in [3.8, 4) is 0 Å². The molecule has 0 bridgehead atoms. The summed E-state index contributed by atoms with van der Waals surface area (Å²) in [5, 5.41) is 11.5. The van der Waals surface area contributed by atoms with Crippen molar-refractivity contribution < 1.29 is 4.79 Å². The molecule has 0 aliphatic rings. The van der Waals surface area contributed by atoms with Crippen LogP contribution in [-0.2, 0) is 0 Å². The van der Waals surface area contributed by atoms with Crippen LogP contribution in [0.3, 0.4) is 0 Å². The number of rotatable bonds is 5. The van der Waals surface area contributed by atoms with Crippen molar-refractivity contribution in [3.05, 3.63) is 59.0 Å². The fourth-order valence-electron chi connectivity index (χ4n) is 2.20. The Bertz CT molecular complexity index is 882. The van der Waals surface area contributed by atoms with E-state index < -0.39 is 0 Å². The summed E-state index contributed by atoms with van der Waals surface area (Å²) in [5.41, 5.74) is 1.93. The van der Waals surface area contributed by atoms with Crippen LogP contribution in [0.15, 0.2) is 63.7 Å². The first kappa shape index (κ1) is 20.1. The molecule has 0 fully saturated rings. The molecule has 1 amide bonds. The number of carbonyl (C=O) groups excluding carboxylic acids is 1. The van der Waals surface area contributed by atoms with Crippen molar-refractivity contribution in [1.82, 2.24) is 5.32 Å². The first-order chi connectivity index (χ1) is 13.1. The highest BCUT2D eigenvalue weighted by Crippen LogP contribution is 2.18. The SMILES string of the molecule is CN=C(N=C(CCl)Nc1ccccc1C(=O)NC)Nc1cccc(N=O)c1. The number of para-hydroxylation sites is 1. The molecule has 27 heavy (non-hydrogen) atoms. The van der Waals surface area contributed by atoms with E-state index in [2.05, 4.69) is 31.1 Å². The molecule has 9 heteroatoms. The predicted octanol–water partition coefficient (Wildman–Crippen LogP) is 3.59. The quantitative estimate of drug-likeness (QED) is 0.316. The second kappa shape index (κ2) is 10.0. The highest BCUT2D eigenvalue weighted by Gasteiger charge is 2.11. The third-order valence-electron chi connectivity index (χ3n) is 3.46. The molecule has 2 aromatic carbocycles. The summed E-state index contributed by atoms with van der Waals surface area (Å²) in [6.45, 7) is 0. The number of nitrogens with zero attached hydrogens (tertiary/aromatic N) is 3. The van der Waals surface area contributed by atoms with Crippen LogP contribution >= 0.6 is 11.6 Å². The molecule has 0 saturated carbocycles. The molecular formula is C18H19ClN6O2. The van der Waals surface area contributed by atoms with Crippen molar-refractivity contribution in [2.45, 2.75) is 0 Å². The van der Waals surface area contributed by atoms with Crippen molar-refractivity contribution >= 4 is 46.4 Å². The first-order valence-electron chi connectivity index (χ1n) is 8.00. The lowest BCUT2D eigenvalue weighted by Gasteiger charge is -2.13. The standard InChI is InChI=1S/C18H19ClN6O2/c1-20-17(26)14-8-3-4-9-15(14)23-16(11-19)24-18(21-2)22-12-6-5-7-13(10-12)25-27/h3-10H,11H2,1-2H3,(H,20,26)(H2,21,22,23,24). The lowest BCUT2D eigenvalue weighted by atomic mass is 10.1. The van der Waals surface area contributed by atoms with Crippen LogP contribution in [0.2, 0.25) is 0 Å². The summed E-state index contributed by atoms with van der Waals surface area (Å²) in [6, 6.07) is 13.6. The maximum Gasteiger partial charge on any atom is 0.253 e. The summed E-state index contributed by atoms with van der Waals surface area (Å²) < 4.78 is 0. The van der Waals surface area contributed by atoms with Crippen molar-refractivity contribution in [2.24, 2.45) is 15.2 Å². The predicted molar refractivity (Wildman–Crippen MR) is 110 cm³/mol. The minimum atomic E-state index is -0.229. The molecule has 0 spiro atoms. The molecule has 0 atom stereocenters. The topological polar surface area (TPSA) is 107 Å². The normalized spacial score (nSPS) is 11.7. The van der Waals surface area contributed by atoms with Crippen LogP contribution in [0, 0.1) is 4.91 Å². The minimum Gasteiger partial charge on any atom is -0.355 e. The van der Waals surface area contributed by atoms with Crippen molar-refractivity contribution in [2.75, 3.05) is 30.6 Å². The van der Waals surface area contributed by atoms with Gasteiger partial charge in [0.2, 0.25) is 5.96 Å². The van der Waals surface area contributed by atoms with E-state index in [1.807, 2.05) is 0 Å². The lowest BCUT2D eigenvalue weighted by molar-refractivity contribution is 0.0964. The van der Waals surface area contributed by atoms with E-state index in [9.17, 15) is 9.70 Å². The molecule has 0 aliphatic carbocycles. The number of alkyl halides is 1. The van der Waals surface area contributed by atoms with Gasteiger partial charge >= 0.3 is 0 Å². The van der Waals surface area contributed by atoms with Crippen molar-refractivity contribution in [1.29, 1.82) is 0 Å². The van der Waals surface area contributed by atoms with E-state index in [0.29, 0.717) is 22.8 Å². The molecule has 0 heterocycles. The number of benzene rings is 2. The number of guanidine groups is 1.